The summed E-state index contributed by atoms with van der Waals surface area (Å²) in [5.74, 6) is 0.145. The third kappa shape index (κ3) is 5.53. The van der Waals surface area contributed by atoms with E-state index < -0.39 is 11.4 Å². The summed E-state index contributed by atoms with van der Waals surface area (Å²) >= 11 is 5.95. The fourth-order valence-corrected chi connectivity index (χ4v) is 2.23. The monoisotopic (exact) mass is 389 g/mol. The van der Waals surface area contributed by atoms with Crippen molar-refractivity contribution in [3.05, 3.63) is 47.6 Å². The number of nitrogens with one attached hydrogen (secondary N) is 2. The summed E-state index contributed by atoms with van der Waals surface area (Å²) in [4.78, 5) is 20.8. The van der Waals surface area contributed by atoms with Gasteiger partial charge in [0, 0.05) is 12.6 Å². The minimum absolute atomic E-state index is 0.160. The topological polar surface area (TPSA) is 109 Å². The van der Waals surface area contributed by atoms with E-state index in [1.54, 1.807) is 32.0 Å². The van der Waals surface area contributed by atoms with Crippen LogP contribution in [0.1, 0.15) is 13.8 Å². The smallest absolute Gasteiger partial charge is 0.232 e. The molecule has 0 saturated carbocycles. The minimum Gasteiger partial charge on any atom is -0.389 e. The van der Waals surface area contributed by atoms with Crippen molar-refractivity contribution in [2.75, 3.05) is 17.2 Å². The molecule has 0 atom stereocenters. The van der Waals surface area contributed by atoms with Gasteiger partial charge in [-0.3, -0.25) is 4.98 Å². The molecular weight excluding hydrogens is 373 g/mol. The van der Waals surface area contributed by atoms with E-state index in [2.05, 4.69) is 35.6 Å². The van der Waals surface area contributed by atoms with Crippen LogP contribution in [-0.2, 0) is 0 Å². The van der Waals surface area contributed by atoms with Crippen molar-refractivity contribution in [3.63, 3.8) is 0 Å². The zero-order valence-corrected chi connectivity index (χ0v) is 15.4. The summed E-state index contributed by atoms with van der Waals surface area (Å²) in [7, 11) is 0. The van der Waals surface area contributed by atoms with E-state index in [-0.39, 0.29) is 24.3 Å². The van der Waals surface area contributed by atoms with E-state index in [1.807, 2.05) is 0 Å². The Labute approximate surface area is 159 Å². The first kappa shape index (κ1) is 18.9. The largest absolute Gasteiger partial charge is 0.389 e. The normalized spacial score (nSPS) is 11.3. The number of pyridine rings is 2. The molecule has 3 aromatic rings. The quantitative estimate of drug-likeness (QED) is 0.552. The Kier molecular flexibility index (Phi) is 5.43. The average molecular weight is 390 g/mol. The number of rotatable bonds is 6. The molecule has 3 aromatic heterocycles. The molecule has 0 aliphatic rings. The van der Waals surface area contributed by atoms with Crippen LogP contribution >= 0.6 is 11.6 Å². The predicted octanol–water partition coefficient (Wildman–Crippen LogP) is 3.05. The standard InChI is InChI=1S/C17H17ClFN7O/c1-17(2,27)9-21-15-24-14(12-4-3-5-13(18)23-12)25-16(26-15)22-11-6-10(19)7-20-8-11/h3-8,27H,9H2,1-2H3,(H2,21,22,24,25,26). The van der Waals surface area contributed by atoms with Crippen LogP contribution in [0, 0.1) is 5.82 Å². The first-order valence-electron chi connectivity index (χ1n) is 8.01. The van der Waals surface area contributed by atoms with Crippen LogP contribution in [0.4, 0.5) is 22.0 Å². The van der Waals surface area contributed by atoms with Gasteiger partial charge in [0.1, 0.15) is 16.7 Å². The summed E-state index contributed by atoms with van der Waals surface area (Å²) < 4.78 is 13.4. The molecule has 3 rings (SSSR count). The first-order chi connectivity index (χ1) is 12.8. The van der Waals surface area contributed by atoms with Crippen LogP contribution in [0.2, 0.25) is 5.15 Å². The minimum atomic E-state index is -0.971. The number of anilines is 3. The highest BCUT2D eigenvalue weighted by Crippen LogP contribution is 2.20. The summed E-state index contributed by atoms with van der Waals surface area (Å²) in [6.45, 7) is 3.51. The highest BCUT2D eigenvalue weighted by Gasteiger charge is 2.15. The van der Waals surface area contributed by atoms with Gasteiger partial charge in [0.2, 0.25) is 11.9 Å². The average Bonchev–Trinajstić information content (AvgIpc) is 2.59. The fourth-order valence-electron chi connectivity index (χ4n) is 2.06. The number of hydrogen-bond acceptors (Lipinski definition) is 8. The Balaban J connectivity index is 1.97. The maximum Gasteiger partial charge on any atom is 0.232 e. The first-order valence-corrected chi connectivity index (χ1v) is 8.39. The number of halogens is 2. The summed E-state index contributed by atoms with van der Waals surface area (Å²) in [6.07, 6.45) is 2.53. The SMILES string of the molecule is CC(C)(O)CNc1nc(Nc2cncc(F)c2)nc(-c2cccc(Cl)n2)n1. The van der Waals surface area contributed by atoms with Gasteiger partial charge in [-0.05, 0) is 26.0 Å². The van der Waals surface area contributed by atoms with E-state index in [0.717, 1.165) is 6.20 Å². The molecule has 8 nitrogen and oxygen atoms in total. The van der Waals surface area contributed by atoms with Crippen LogP contribution < -0.4 is 10.6 Å². The van der Waals surface area contributed by atoms with Gasteiger partial charge in [0.05, 0.1) is 23.7 Å². The third-order valence-corrected chi connectivity index (χ3v) is 3.43. The molecule has 0 bridgehead atoms. The summed E-state index contributed by atoms with van der Waals surface area (Å²) in [5.41, 5.74) is -0.155. The molecule has 0 aliphatic heterocycles. The maximum absolute atomic E-state index is 13.4. The van der Waals surface area contributed by atoms with Crippen LogP contribution in [-0.4, -0.2) is 42.2 Å². The van der Waals surface area contributed by atoms with Gasteiger partial charge in [-0.15, -0.1) is 0 Å². The van der Waals surface area contributed by atoms with Gasteiger partial charge >= 0.3 is 0 Å². The predicted molar refractivity (Wildman–Crippen MR) is 100 cm³/mol. The van der Waals surface area contributed by atoms with Gasteiger partial charge in [-0.2, -0.15) is 15.0 Å². The zero-order valence-electron chi connectivity index (χ0n) is 14.6. The number of aliphatic hydroxyl groups is 1. The Morgan fingerprint density at radius 3 is 2.59 bits per heavy atom. The van der Waals surface area contributed by atoms with Crippen LogP contribution in [0.3, 0.4) is 0 Å². The fraction of sp³-hybridized carbons (Fsp3) is 0.235. The number of aromatic nitrogens is 5. The molecule has 140 valence electrons. The Morgan fingerprint density at radius 1 is 1.11 bits per heavy atom. The molecule has 0 saturated heterocycles. The highest BCUT2D eigenvalue weighted by atomic mass is 35.5. The van der Waals surface area contributed by atoms with Crippen molar-refractivity contribution in [3.8, 4) is 11.5 Å². The van der Waals surface area contributed by atoms with Crippen molar-refractivity contribution in [2.45, 2.75) is 19.4 Å². The van der Waals surface area contributed by atoms with Crippen molar-refractivity contribution < 1.29 is 9.50 Å². The van der Waals surface area contributed by atoms with Gasteiger partial charge < -0.3 is 15.7 Å². The molecule has 27 heavy (non-hydrogen) atoms. The second-order valence-corrected chi connectivity index (χ2v) is 6.72. The van der Waals surface area contributed by atoms with Gasteiger partial charge in [-0.25, -0.2) is 9.37 Å². The van der Waals surface area contributed by atoms with Crippen molar-refractivity contribution in [1.82, 2.24) is 24.9 Å². The van der Waals surface area contributed by atoms with Crippen LogP contribution in [0.5, 0.6) is 0 Å². The van der Waals surface area contributed by atoms with Gasteiger partial charge in [0.25, 0.3) is 0 Å². The molecule has 3 heterocycles. The number of nitrogens with zero attached hydrogens (tertiary/aromatic N) is 5. The Morgan fingerprint density at radius 2 is 1.89 bits per heavy atom. The van der Waals surface area contributed by atoms with Gasteiger partial charge in [0.15, 0.2) is 5.82 Å². The molecule has 0 spiro atoms. The van der Waals surface area contributed by atoms with E-state index in [9.17, 15) is 9.50 Å². The Bertz CT molecular complexity index is 949. The second-order valence-electron chi connectivity index (χ2n) is 6.33. The maximum atomic E-state index is 13.4. The van der Waals surface area contributed by atoms with Crippen molar-refractivity contribution in [1.29, 1.82) is 0 Å². The zero-order chi connectivity index (χ0) is 19.4. The van der Waals surface area contributed by atoms with Crippen LogP contribution in [0.15, 0.2) is 36.7 Å². The lowest BCUT2D eigenvalue weighted by molar-refractivity contribution is 0.0943. The molecule has 0 aromatic carbocycles. The van der Waals surface area contributed by atoms with E-state index in [0.29, 0.717) is 16.5 Å². The van der Waals surface area contributed by atoms with E-state index in [4.69, 9.17) is 11.6 Å². The van der Waals surface area contributed by atoms with E-state index >= 15 is 0 Å². The number of hydrogen-bond donors (Lipinski definition) is 3. The molecule has 0 radical (unpaired) electrons. The molecular formula is C17H17ClFN7O. The molecule has 0 amide bonds. The molecule has 0 unspecified atom stereocenters. The van der Waals surface area contributed by atoms with Crippen molar-refractivity contribution >= 4 is 29.2 Å². The molecule has 10 heteroatoms. The lowest BCUT2D eigenvalue weighted by Crippen LogP contribution is -2.30. The second kappa shape index (κ2) is 7.77. The van der Waals surface area contributed by atoms with E-state index in [1.165, 1.54) is 12.3 Å². The lowest BCUT2D eigenvalue weighted by Gasteiger charge is -2.18. The highest BCUT2D eigenvalue weighted by molar-refractivity contribution is 6.29. The third-order valence-electron chi connectivity index (χ3n) is 3.22. The van der Waals surface area contributed by atoms with Crippen molar-refractivity contribution in [2.24, 2.45) is 0 Å². The summed E-state index contributed by atoms with van der Waals surface area (Å²) in [6, 6.07) is 6.33. The molecule has 0 fully saturated rings. The van der Waals surface area contributed by atoms with Gasteiger partial charge in [-0.1, -0.05) is 17.7 Å². The molecule has 0 aliphatic carbocycles. The molecule has 3 N–H and O–H groups in total. The lowest BCUT2D eigenvalue weighted by atomic mass is 10.1. The van der Waals surface area contributed by atoms with Crippen LogP contribution in [0.25, 0.3) is 11.5 Å². The summed E-state index contributed by atoms with van der Waals surface area (Å²) in [5, 5.41) is 16.0. The Hall–Kier alpha value is -2.91.